The SMILES string of the molecule is CC=CC=CC(=O)N1CCC(CC(=O)N2CCN(CC)CC2)CC1. The summed E-state index contributed by atoms with van der Waals surface area (Å²) in [6.07, 6.45) is 9.69. The fourth-order valence-corrected chi connectivity index (χ4v) is 3.40. The molecule has 24 heavy (non-hydrogen) atoms. The molecule has 2 aliphatic rings. The maximum atomic E-state index is 12.5. The molecule has 0 spiro atoms. The van der Waals surface area contributed by atoms with Crippen LogP contribution >= 0.6 is 0 Å². The van der Waals surface area contributed by atoms with E-state index in [0.29, 0.717) is 18.2 Å². The lowest BCUT2D eigenvalue weighted by Gasteiger charge is -2.36. The molecule has 0 bridgehead atoms. The summed E-state index contributed by atoms with van der Waals surface area (Å²) in [5.74, 6) is 0.794. The van der Waals surface area contributed by atoms with E-state index in [4.69, 9.17) is 0 Å². The monoisotopic (exact) mass is 333 g/mol. The van der Waals surface area contributed by atoms with Crippen LogP contribution in [0.1, 0.15) is 33.1 Å². The molecule has 0 aromatic carbocycles. The van der Waals surface area contributed by atoms with Crippen molar-refractivity contribution in [1.29, 1.82) is 0 Å². The van der Waals surface area contributed by atoms with Gasteiger partial charge in [0.15, 0.2) is 0 Å². The number of hydrogen-bond donors (Lipinski definition) is 0. The molecule has 2 aliphatic heterocycles. The molecule has 2 fully saturated rings. The minimum atomic E-state index is 0.0774. The Balaban J connectivity index is 1.71. The van der Waals surface area contributed by atoms with E-state index >= 15 is 0 Å². The second-order valence-electron chi connectivity index (χ2n) is 6.67. The van der Waals surface area contributed by atoms with Crippen molar-refractivity contribution in [3.63, 3.8) is 0 Å². The minimum Gasteiger partial charge on any atom is -0.340 e. The van der Waals surface area contributed by atoms with E-state index in [0.717, 1.165) is 58.7 Å². The highest BCUT2D eigenvalue weighted by atomic mass is 16.2. The molecule has 2 saturated heterocycles. The molecule has 0 aromatic rings. The van der Waals surface area contributed by atoms with Gasteiger partial charge in [-0.3, -0.25) is 9.59 Å². The number of likely N-dealkylation sites (N-methyl/N-ethyl adjacent to an activating group) is 1. The van der Waals surface area contributed by atoms with Crippen molar-refractivity contribution >= 4 is 11.8 Å². The van der Waals surface area contributed by atoms with Gasteiger partial charge in [0, 0.05) is 51.8 Å². The summed E-state index contributed by atoms with van der Waals surface area (Å²) in [6.45, 7) is 10.4. The third-order valence-corrected chi connectivity index (χ3v) is 5.10. The van der Waals surface area contributed by atoms with Crippen LogP contribution in [-0.2, 0) is 9.59 Å². The molecule has 0 atom stereocenters. The van der Waals surface area contributed by atoms with Crippen LogP contribution in [0.15, 0.2) is 24.3 Å². The summed E-state index contributed by atoms with van der Waals surface area (Å²) in [4.78, 5) is 30.8. The molecule has 0 N–H and O–H groups in total. The average molecular weight is 333 g/mol. The van der Waals surface area contributed by atoms with Crippen molar-refractivity contribution in [3.05, 3.63) is 24.3 Å². The number of piperidine rings is 1. The number of rotatable bonds is 5. The van der Waals surface area contributed by atoms with Crippen molar-refractivity contribution in [1.82, 2.24) is 14.7 Å². The van der Waals surface area contributed by atoms with E-state index in [1.807, 2.05) is 28.9 Å². The highest BCUT2D eigenvalue weighted by Crippen LogP contribution is 2.22. The lowest BCUT2D eigenvalue weighted by atomic mass is 9.92. The van der Waals surface area contributed by atoms with E-state index in [1.165, 1.54) is 0 Å². The first-order valence-electron chi connectivity index (χ1n) is 9.22. The van der Waals surface area contributed by atoms with Crippen LogP contribution in [0.4, 0.5) is 0 Å². The van der Waals surface area contributed by atoms with Crippen molar-refractivity contribution in [2.45, 2.75) is 33.1 Å². The number of allylic oxidation sites excluding steroid dienone is 3. The number of nitrogens with zero attached hydrogens (tertiary/aromatic N) is 3. The van der Waals surface area contributed by atoms with Gasteiger partial charge in [-0.25, -0.2) is 0 Å². The second-order valence-corrected chi connectivity index (χ2v) is 6.67. The topological polar surface area (TPSA) is 43.9 Å². The molecule has 0 radical (unpaired) electrons. The van der Waals surface area contributed by atoms with Crippen molar-refractivity contribution in [3.8, 4) is 0 Å². The highest BCUT2D eigenvalue weighted by Gasteiger charge is 2.26. The molecule has 0 saturated carbocycles. The summed E-state index contributed by atoms with van der Waals surface area (Å²) in [5.41, 5.74) is 0. The van der Waals surface area contributed by atoms with Gasteiger partial charge in [-0.05, 0) is 32.2 Å². The zero-order valence-electron chi connectivity index (χ0n) is 15.1. The maximum Gasteiger partial charge on any atom is 0.246 e. The second kappa shape index (κ2) is 9.62. The van der Waals surface area contributed by atoms with Crippen molar-refractivity contribution < 1.29 is 9.59 Å². The number of hydrogen-bond acceptors (Lipinski definition) is 3. The predicted octanol–water partition coefficient (Wildman–Crippen LogP) is 1.91. The minimum absolute atomic E-state index is 0.0774. The number of likely N-dealkylation sites (tertiary alicyclic amines) is 1. The lowest BCUT2D eigenvalue weighted by molar-refractivity contribution is -0.134. The maximum absolute atomic E-state index is 12.5. The quantitative estimate of drug-likeness (QED) is 0.570. The number of piperazine rings is 1. The summed E-state index contributed by atoms with van der Waals surface area (Å²) in [7, 11) is 0. The molecule has 2 heterocycles. The van der Waals surface area contributed by atoms with Gasteiger partial charge in [-0.2, -0.15) is 0 Å². The summed E-state index contributed by atoms with van der Waals surface area (Å²) in [5, 5.41) is 0. The predicted molar refractivity (Wildman–Crippen MR) is 96.6 cm³/mol. The Morgan fingerprint density at radius 1 is 0.958 bits per heavy atom. The zero-order valence-corrected chi connectivity index (χ0v) is 15.1. The third-order valence-electron chi connectivity index (χ3n) is 5.10. The first kappa shape index (κ1) is 18.7. The van der Waals surface area contributed by atoms with Crippen LogP contribution in [0.3, 0.4) is 0 Å². The summed E-state index contributed by atoms with van der Waals surface area (Å²) >= 11 is 0. The molecular formula is C19H31N3O2. The first-order chi connectivity index (χ1) is 11.6. The fourth-order valence-electron chi connectivity index (χ4n) is 3.40. The first-order valence-corrected chi connectivity index (χ1v) is 9.22. The van der Waals surface area contributed by atoms with E-state index in [2.05, 4.69) is 11.8 Å². The fraction of sp³-hybridized carbons (Fsp3) is 0.684. The van der Waals surface area contributed by atoms with Crippen LogP contribution in [0.2, 0.25) is 0 Å². The van der Waals surface area contributed by atoms with Crippen LogP contribution in [0, 0.1) is 5.92 Å². The van der Waals surface area contributed by atoms with E-state index in [-0.39, 0.29) is 5.91 Å². The van der Waals surface area contributed by atoms with Crippen molar-refractivity contribution in [2.75, 3.05) is 45.8 Å². The smallest absolute Gasteiger partial charge is 0.246 e. The number of carbonyl (C=O) groups excluding carboxylic acids is 2. The molecule has 0 aromatic heterocycles. The van der Waals surface area contributed by atoms with Gasteiger partial charge in [0.1, 0.15) is 0 Å². The van der Waals surface area contributed by atoms with Gasteiger partial charge in [-0.15, -0.1) is 0 Å². The molecule has 2 amide bonds. The van der Waals surface area contributed by atoms with E-state index in [9.17, 15) is 9.59 Å². The van der Waals surface area contributed by atoms with Crippen LogP contribution in [0.25, 0.3) is 0 Å². The lowest BCUT2D eigenvalue weighted by Crippen LogP contribution is -2.49. The average Bonchev–Trinajstić information content (AvgIpc) is 2.62. The van der Waals surface area contributed by atoms with Gasteiger partial charge in [0.25, 0.3) is 0 Å². The van der Waals surface area contributed by atoms with Crippen molar-refractivity contribution in [2.24, 2.45) is 5.92 Å². The standard InChI is InChI=1S/C19H31N3O2/c1-3-5-6-7-18(23)21-10-8-17(9-11-21)16-19(24)22-14-12-20(4-2)13-15-22/h3,5-7,17H,4,8-16H2,1-2H3. The van der Waals surface area contributed by atoms with Crippen LogP contribution < -0.4 is 0 Å². The molecule has 5 nitrogen and oxygen atoms in total. The Bertz CT molecular complexity index is 471. The molecular weight excluding hydrogens is 302 g/mol. The highest BCUT2D eigenvalue weighted by molar-refractivity contribution is 5.88. The van der Waals surface area contributed by atoms with E-state index < -0.39 is 0 Å². The van der Waals surface area contributed by atoms with Gasteiger partial charge in [-0.1, -0.05) is 25.2 Å². The Kier molecular flexibility index (Phi) is 7.50. The van der Waals surface area contributed by atoms with Crippen LogP contribution in [-0.4, -0.2) is 72.3 Å². The zero-order chi connectivity index (χ0) is 17.4. The molecule has 0 unspecified atom stereocenters. The molecule has 134 valence electrons. The van der Waals surface area contributed by atoms with Gasteiger partial charge in [0.05, 0.1) is 0 Å². The normalized spacial score (nSPS) is 21.1. The molecule has 0 aliphatic carbocycles. The Morgan fingerprint density at radius 2 is 1.62 bits per heavy atom. The Labute approximate surface area is 146 Å². The largest absolute Gasteiger partial charge is 0.340 e. The molecule has 5 heteroatoms. The number of carbonyl (C=O) groups is 2. The number of amides is 2. The Morgan fingerprint density at radius 3 is 2.21 bits per heavy atom. The summed E-state index contributed by atoms with van der Waals surface area (Å²) in [6, 6.07) is 0. The van der Waals surface area contributed by atoms with Gasteiger partial charge in [0.2, 0.25) is 11.8 Å². The van der Waals surface area contributed by atoms with E-state index in [1.54, 1.807) is 12.2 Å². The van der Waals surface area contributed by atoms with Gasteiger partial charge < -0.3 is 14.7 Å². The van der Waals surface area contributed by atoms with Crippen LogP contribution in [0.5, 0.6) is 0 Å². The third kappa shape index (κ3) is 5.48. The van der Waals surface area contributed by atoms with Gasteiger partial charge >= 0.3 is 0 Å². The molecule has 2 rings (SSSR count). The summed E-state index contributed by atoms with van der Waals surface area (Å²) < 4.78 is 0. The Hall–Kier alpha value is -1.62.